The number of carbonyl (C=O) groups is 2. The summed E-state index contributed by atoms with van der Waals surface area (Å²) in [6.07, 6.45) is 5.65. The minimum Gasteiger partial charge on any atom is -0.395 e. The van der Waals surface area contributed by atoms with E-state index in [0.29, 0.717) is 18.3 Å². The molecular formula is C27H34ClN3O3. The third kappa shape index (κ3) is 4.59. The van der Waals surface area contributed by atoms with Gasteiger partial charge in [0.05, 0.1) is 6.61 Å². The molecule has 3 aliphatic rings. The van der Waals surface area contributed by atoms with E-state index in [0.717, 1.165) is 43.7 Å². The largest absolute Gasteiger partial charge is 0.395 e. The highest BCUT2D eigenvalue weighted by Gasteiger charge is 2.41. The van der Waals surface area contributed by atoms with E-state index < -0.39 is 6.04 Å². The Labute approximate surface area is 207 Å². The molecule has 7 heteroatoms. The first kappa shape index (κ1) is 24.7. The van der Waals surface area contributed by atoms with Gasteiger partial charge in [-0.2, -0.15) is 0 Å². The third-order valence-electron chi connectivity index (χ3n) is 7.88. The molecule has 6 nitrogen and oxygen atoms in total. The number of nitrogens with one attached hydrogen (secondary N) is 1. The number of halogens is 1. The molecule has 2 aromatic carbocycles. The molecule has 1 unspecified atom stereocenters. The van der Waals surface area contributed by atoms with Gasteiger partial charge in [-0.25, -0.2) is 0 Å². The average molecular weight is 484 g/mol. The maximum atomic E-state index is 13.3. The van der Waals surface area contributed by atoms with Crippen LogP contribution in [-0.2, 0) is 27.8 Å². The molecule has 2 N–H and O–H groups in total. The average Bonchev–Trinajstić information content (AvgIpc) is 3.41. The minimum atomic E-state index is -0.541. The topological polar surface area (TPSA) is 72.9 Å². The molecule has 0 bridgehead atoms. The van der Waals surface area contributed by atoms with E-state index >= 15 is 0 Å². The van der Waals surface area contributed by atoms with Gasteiger partial charge in [-0.3, -0.25) is 14.5 Å². The SMILES string of the molecule is Cl.O=C(NCCO)C1Cc2ccccc2N1C(=O)CCN1CCC2(CCc3ccccc32)CC1. The van der Waals surface area contributed by atoms with Crippen LogP contribution < -0.4 is 10.2 Å². The molecule has 1 atom stereocenters. The molecule has 182 valence electrons. The summed E-state index contributed by atoms with van der Waals surface area (Å²) in [5.74, 6) is -0.205. The molecule has 1 spiro atoms. The number of benzene rings is 2. The fourth-order valence-corrected chi connectivity index (χ4v) is 6.06. The van der Waals surface area contributed by atoms with E-state index in [1.807, 2.05) is 24.3 Å². The number of carbonyl (C=O) groups excluding carboxylic acids is 2. The van der Waals surface area contributed by atoms with Gasteiger partial charge in [0.25, 0.3) is 0 Å². The Morgan fingerprint density at radius 1 is 1.00 bits per heavy atom. The molecule has 0 saturated carbocycles. The molecule has 1 fully saturated rings. The lowest BCUT2D eigenvalue weighted by Gasteiger charge is -2.40. The summed E-state index contributed by atoms with van der Waals surface area (Å²) in [4.78, 5) is 30.1. The Kier molecular flexibility index (Phi) is 7.60. The van der Waals surface area contributed by atoms with Crippen molar-refractivity contribution in [1.82, 2.24) is 10.2 Å². The highest BCUT2D eigenvalue weighted by atomic mass is 35.5. The van der Waals surface area contributed by atoms with Gasteiger partial charge in [0.1, 0.15) is 6.04 Å². The first-order chi connectivity index (χ1) is 16.1. The number of anilines is 1. The van der Waals surface area contributed by atoms with Crippen LogP contribution in [-0.4, -0.2) is 60.6 Å². The number of aliphatic hydroxyl groups is 1. The summed E-state index contributed by atoms with van der Waals surface area (Å²) in [7, 11) is 0. The molecule has 2 aliphatic heterocycles. The van der Waals surface area contributed by atoms with Crippen LogP contribution in [0.3, 0.4) is 0 Å². The predicted molar refractivity (Wildman–Crippen MR) is 135 cm³/mol. The van der Waals surface area contributed by atoms with Crippen molar-refractivity contribution in [3.8, 4) is 0 Å². The van der Waals surface area contributed by atoms with Gasteiger partial charge >= 0.3 is 0 Å². The Balaban J connectivity index is 0.00000274. The van der Waals surface area contributed by atoms with Crippen LogP contribution in [0.1, 0.15) is 42.4 Å². The number of amides is 2. The Hall–Kier alpha value is -2.41. The van der Waals surface area contributed by atoms with Crippen molar-refractivity contribution in [3.05, 3.63) is 65.2 Å². The van der Waals surface area contributed by atoms with Gasteiger partial charge in [0.2, 0.25) is 11.8 Å². The number of aryl methyl sites for hydroxylation is 1. The first-order valence-corrected chi connectivity index (χ1v) is 12.2. The molecule has 34 heavy (non-hydrogen) atoms. The third-order valence-corrected chi connectivity index (χ3v) is 7.88. The van der Waals surface area contributed by atoms with Crippen LogP contribution in [0.15, 0.2) is 48.5 Å². The van der Waals surface area contributed by atoms with Crippen LogP contribution >= 0.6 is 12.4 Å². The maximum absolute atomic E-state index is 13.3. The molecule has 1 aliphatic carbocycles. The van der Waals surface area contributed by atoms with Crippen LogP contribution in [0.25, 0.3) is 0 Å². The Morgan fingerprint density at radius 3 is 2.47 bits per heavy atom. The van der Waals surface area contributed by atoms with Crippen molar-refractivity contribution in [2.75, 3.05) is 37.7 Å². The second kappa shape index (κ2) is 10.5. The van der Waals surface area contributed by atoms with Crippen molar-refractivity contribution in [1.29, 1.82) is 0 Å². The van der Waals surface area contributed by atoms with E-state index in [-0.39, 0.29) is 37.4 Å². The second-order valence-electron chi connectivity index (χ2n) is 9.66. The summed E-state index contributed by atoms with van der Waals surface area (Å²) < 4.78 is 0. The molecule has 0 aromatic heterocycles. The van der Waals surface area contributed by atoms with Gasteiger partial charge < -0.3 is 15.3 Å². The van der Waals surface area contributed by atoms with Crippen LogP contribution in [0.5, 0.6) is 0 Å². The van der Waals surface area contributed by atoms with Gasteiger partial charge in [0.15, 0.2) is 0 Å². The zero-order chi connectivity index (χ0) is 22.8. The summed E-state index contributed by atoms with van der Waals surface area (Å²) in [5, 5.41) is 11.8. The van der Waals surface area contributed by atoms with Crippen molar-refractivity contribution in [2.24, 2.45) is 0 Å². The normalized spacial score (nSPS) is 20.5. The Bertz CT molecular complexity index is 1040. The summed E-state index contributed by atoms with van der Waals surface area (Å²) in [6.45, 7) is 2.84. The van der Waals surface area contributed by atoms with Gasteiger partial charge in [-0.05, 0) is 66.9 Å². The van der Waals surface area contributed by atoms with Crippen LogP contribution in [0, 0.1) is 0 Å². The number of hydrogen-bond donors (Lipinski definition) is 2. The smallest absolute Gasteiger partial charge is 0.243 e. The lowest BCUT2D eigenvalue weighted by Crippen LogP contribution is -2.49. The number of fused-ring (bicyclic) bond motifs is 3. The standard InChI is InChI=1S/C27H33N3O3.ClH/c31-18-14-28-26(33)24-19-21-6-2-4-8-23(21)30(24)25(32)10-15-29-16-12-27(13-17-29)11-9-20-5-1-3-7-22(20)27;/h1-8,24,31H,9-19H2,(H,28,33);1H. The minimum absolute atomic E-state index is 0. The molecule has 0 radical (unpaired) electrons. The molecule has 2 aromatic rings. The molecule has 5 rings (SSSR count). The number of rotatable bonds is 6. The number of para-hydroxylation sites is 1. The van der Waals surface area contributed by atoms with E-state index in [1.165, 1.54) is 18.4 Å². The van der Waals surface area contributed by atoms with E-state index in [1.54, 1.807) is 10.5 Å². The first-order valence-electron chi connectivity index (χ1n) is 12.2. The lowest BCUT2D eigenvalue weighted by atomic mass is 9.74. The van der Waals surface area contributed by atoms with Crippen molar-refractivity contribution >= 4 is 29.9 Å². The quantitative estimate of drug-likeness (QED) is 0.662. The number of likely N-dealkylation sites (tertiary alicyclic amines) is 1. The lowest BCUT2D eigenvalue weighted by molar-refractivity contribution is -0.126. The summed E-state index contributed by atoms with van der Waals surface area (Å²) in [6, 6.07) is 16.1. The predicted octanol–water partition coefficient (Wildman–Crippen LogP) is 2.84. The zero-order valence-electron chi connectivity index (χ0n) is 19.5. The van der Waals surface area contributed by atoms with E-state index in [9.17, 15) is 9.59 Å². The van der Waals surface area contributed by atoms with Crippen LogP contribution in [0.4, 0.5) is 5.69 Å². The number of aliphatic hydroxyl groups excluding tert-OH is 1. The van der Waals surface area contributed by atoms with Crippen molar-refractivity contribution in [3.63, 3.8) is 0 Å². The fraction of sp³-hybridized carbons (Fsp3) is 0.481. The molecular weight excluding hydrogens is 450 g/mol. The maximum Gasteiger partial charge on any atom is 0.243 e. The molecule has 2 amide bonds. The van der Waals surface area contributed by atoms with Crippen LogP contribution in [0.2, 0.25) is 0 Å². The molecule has 2 heterocycles. The highest BCUT2D eigenvalue weighted by molar-refractivity contribution is 6.03. The second-order valence-corrected chi connectivity index (χ2v) is 9.66. The Morgan fingerprint density at radius 2 is 1.71 bits per heavy atom. The molecule has 1 saturated heterocycles. The monoisotopic (exact) mass is 483 g/mol. The van der Waals surface area contributed by atoms with Gasteiger partial charge in [-0.15, -0.1) is 12.4 Å². The van der Waals surface area contributed by atoms with Crippen molar-refractivity contribution in [2.45, 2.75) is 50.0 Å². The van der Waals surface area contributed by atoms with Gasteiger partial charge in [0, 0.05) is 31.6 Å². The van der Waals surface area contributed by atoms with E-state index in [4.69, 9.17) is 5.11 Å². The summed E-state index contributed by atoms with van der Waals surface area (Å²) >= 11 is 0. The highest BCUT2D eigenvalue weighted by Crippen LogP contribution is 2.46. The number of nitrogens with zero attached hydrogens (tertiary/aromatic N) is 2. The van der Waals surface area contributed by atoms with E-state index in [2.05, 4.69) is 34.5 Å². The summed E-state index contributed by atoms with van der Waals surface area (Å²) in [5.41, 5.74) is 5.24. The zero-order valence-corrected chi connectivity index (χ0v) is 20.4. The number of piperidine rings is 1. The fourth-order valence-electron chi connectivity index (χ4n) is 6.06. The number of hydrogen-bond acceptors (Lipinski definition) is 4. The van der Waals surface area contributed by atoms with Crippen molar-refractivity contribution < 1.29 is 14.7 Å². The van der Waals surface area contributed by atoms with Gasteiger partial charge in [-0.1, -0.05) is 42.5 Å².